The highest BCUT2D eigenvalue weighted by Crippen LogP contribution is 2.32. The minimum atomic E-state index is -0.841. The number of aliphatic carboxylic acids is 1. The summed E-state index contributed by atoms with van der Waals surface area (Å²) in [5.74, 6) is -1.84. The van der Waals surface area contributed by atoms with Gasteiger partial charge in [0.15, 0.2) is 0 Å². The molecular formula is C20H23F2N3O3. The summed E-state index contributed by atoms with van der Waals surface area (Å²) in [5, 5.41) is 8.89. The molecule has 3 rings (SSSR count). The summed E-state index contributed by atoms with van der Waals surface area (Å²) in [6.45, 7) is 3.29. The minimum absolute atomic E-state index is 0.0419. The summed E-state index contributed by atoms with van der Waals surface area (Å²) in [5.41, 5.74) is 0.538. The molecule has 0 bridgehead atoms. The number of aromatic nitrogens is 2. The van der Waals surface area contributed by atoms with E-state index in [4.69, 9.17) is 9.84 Å². The number of hydrogen-bond donors (Lipinski definition) is 1. The maximum absolute atomic E-state index is 14.7. The average molecular weight is 391 g/mol. The number of carboxylic acid groups (broad SMARTS) is 1. The second-order valence-electron chi connectivity index (χ2n) is 6.91. The molecule has 2 heterocycles. The van der Waals surface area contributed by atoms with Crippen molar-refractivity contribution < 1.29 is 23.4 Å². The normalized spacial score (nSPS) is 14.9. The van der Waals surface area contributed by atoms with Crippen LogP contribution in [0.3, 0.4) is 0 Å². The van der Waals surface area contributed by atoms with Gasteiger partial charge in [0.2, 0.25) is 5.88 Å². The Labute approximate surface area is 162 Å². The van der Waals surface area contributed by atoms with Crippen LogP contribution in [0.1, 0.15) is 32.6 Å². The quantitative estimate of drug-likeness (QED) is 0.772. The minimum Gasteiger partial charge on any atom is -0.481 e. The highest BCUT2D eigenvalue weighted by molar-refractivity contribution is 5.67. The number of anilines is 1. The van der Waals surface area contributed by atoms with Gasteiger partial charge in [0, 0.05) is 25.1 Å². The smallest absolute Gasteiger partial charge is 0.303 e. The molecule has 0 saturated carbocycles. The number of hydrogen-bond acceptors (Lipinski definition) is 5. The van der Waals surface area contributed by atoms with Crippen molar-refractivity contribution in [2.45, 2.75) is 32.6 Å². The largest absolute Gasteiger partial charge is 0.481 e. The van der Waals surface area contributed by atoms with E-state index >= 15 is 0 Å². The first-order valence-corrected chi connectivity index (χ1v) is 9.39. The molecule has 28 heavy (non-hydrogen) atoms. The number of nitrogens with zero attached hydrogens (tertiary/aromatic N) is 3. The van der Waals surface area contributed by atoms with Crippen molar-refractivity contribution in [1.82, 2.24) is 9.97 Å². The Morgan fingerprint density at radius 3 is 2.54 bits per heavy atom. The standard InChI is InChI=1S/C20H23F2N3O3/c1-2-7-28-18-12-23-11-17(24-18)14-9-15(21)20(16(22)10-14)25-5-3-13(4-6-25)8-19(26)27/h9-13H,2-8H2,1H3,(H,26,27). The predicted molar refractivity (Wildman–Crippen MR) is 100 cm³/mol. The topological polar surface area (TPSA) is 75.5 Å². The molecule has 1 aromatic heterocycles. The van der Waals surface area contributed by atoms with Gasteiger partial charge in [-0.05, 0) is 37.3 Å². The monoisotopic (exact) mass is 391 g/mol. The van der Waals surface area contributed by atoms with Crippen LogP contribution in [0.5, 0.6) is 5.88 Å². The van der Waals surface area contributed by atoms with Crippen LogP contribution >= 0.6 is 0 Å². The SMILES string of the molecule is CCCOc1cncc(-c2cc(F)c(N3CCC(CC(=O)O)CC3)c(F)c2)n1. The molecule has 2 aromatic rings. The number of ether oxygens (including phenoxy) is 1. The molecule has 8 heteroatoms. The molecule has 1 fully saturated rings. The summed E-state index contributed by atoms with van der Waals surface area (Å²) >= 11 is 0. The Morgan fingerprint density at radius 1 is 1.25 bits per heavy atom. The third-order valence-electron chi connectivity index (χ3n) is 4.77. The third kappa shape index (κ3) is 4.74. The van der Waals surface area contributed by atoms with Crippen molar-refractivity contribution in [2.24, 2.45) is 5.92 Å². The van der Waals surface area contributed by atoms with Crippen LogP contribution in [-0.4, -0.2) is 40.7 Å². The maximum atomic E-state index is 14.7. The van der Waals surface area contributed by atoms with E-state index in [1.165, 1.54) is 24.5 Å². The van der Waals surface area contributed by atoms with E-state index in [0.29, 0.717) is 44.1 Å². The number of rotatable bonds is 7. The molecule has 6 nitrogen and oxygen atoms in total. The van der Waals surface area contributed by atoms with Gasteiger partial charge in [-0.3, -0.25) is 9.78 Å². The fraction of sp³-hybridized carbons (Fsp3) is 0.450. The molecule has 0 spiro atoms. The van der Waals surface area contributed by atoms with Crippen molar-refractivity contribution in [3.8, 4) is 17.1 Å². The van der Waals surface area contributed by atoms with Gasteiger partial charge in [-0.2, -0.15) is 0 Å². The van der Waals surface area contributed by atoms with Crippen LogP contribution in [0.15, 0.2) is 24.5 Å². The van der Waals surface area contributed by atoms with Crippen LogP contribution in [0.4, 0.5) is 14.5 Å². The Bertz CT molecular complexity index is 816. The Kier molecular flexibility index (Phi) is 6.38. The zero-order valence-electron chi connectivity index (χ0n) is 15.7. The number of piperidine rings is 1. The summed E-state index contributed by atoms with van der Waals surface area (Å²) in [6.07, 6.45) is 4.98. The molecule has 1 N–H and O–H groups in total. The lowest BCUT2D eigenvalue weighted by atomic mass is 9.93. The summed E-state index contributed by atoms with van der Waals surface area (Å²) < 4.78 is 34.9. The lowest BCUT2D eigenvalue weighted by Gasteiger charge is -2.33. The second-order valence-corrected chi connectivity index (χ2v) is 6.91. The van der Waals surface area contributed by atoms with Crippen LogP contribution in [0.2, 0.25) is 0 Å². The number of benzene rings is 1. The molecule has 150 valence electrons. The molecule has 1 aromatic carbocycles. The first-order chi connectivity index (χ1) is 13.5. The zero-order chi connectivity index (χ0) is 20.1. The van der Waals surface area contributed by atoms with Crippen molar-refractivity contribution in [2.75, 3.05) is 24.6 Å². The van der Waals surface area contributed by atoms with Gasteiger partial charge in [-0.1, -0.05) is 6.92 Å². The summed E-state index contributed by atoms with van der Waals surface area (Å²) in [7, 11) is 0. The van der Waals surface area contributed by atoms with E-state index in [1.807, 2.05) is 6.92 Å². The molecule has 1 aliphatic heterocycles. The van der Waals surface area contributed by atoms with Gasteiger partial charge in [-0.15, -0.1) is 0 Å². The van der Waals surface area contributed by atoms with E-state index < -0.39 is 17.6 Å². The van der Waals surface area contributed by atoms with E-state index in [9.17, 15) is 13.6 Å². The van der Waals surface area contributed by atoms with Crippen molar-refractivity contribution in [3.63, 3.8) is 0 Å². The first-order valence-electron chi connectivity index (χ1n) is 9.39. The average Bonchev–Trinajstić information content (AvgIpc) is 2.67. The lowest BCUT2D eigenvalue weighted by Crippen LogP contribution is -2.35. The lowest BCUT2D eigenvalue weighted by molar-refractivity contribution is -0.138. The van der Waals surface area contributed by atoms with Crippen LogP contribution in [0, 0.1) is 17.6 Å². The van der Waals surface area contributed by atoms with E-state index in [2.05, 4.69) is 9.97 Å². The maximum Gasteiger partial charge on any atom is 0.303 e. The van der Waals surface area contributed by atoms with Gasteiger partial charge in [0.1, 0.15) is 17.3 Å². The fourth-order valence-electron chi connectivity index (χ4n) is 3.39. The van der Waals surface area contributed by atoms with Crippen molar-refractivity contribution in [3.05, 3.63) is 36.2 Å². The highest BCUT2D eigenvalue weighted by atomic mass is 19.1. The molecule has 0 atom stereocenters. The fourth-order valence-corrected chi connectivity index (χ4v) is 3.39. The van der Waals surface area contributed by atoms with Gasteiger partial charge in [-0.25, -0.2) is 13.8 Å². The van der Waals surface area contributed by atoms with Gasteiger partial charge >= 0.3 is 5.97 Å². The number of carbonyl (C=O) groups is 1. The number of carboxylic acids is 1. The van der Waals surface area contributed by atoms with Gasteiger partial charge in [0.25, 0.3) is 0 Å². The molecule has 1 aliphatic rings. The molecule has 0 aliphatic carbocycles. The zero-order valence-corrected chi connectivity index (χ0v) is 15.7. The predicted octanol–water partition coefficient (Wildman–Crippen LogP) is 3.90. The Hall–Kier alpha value is -2.77. The van der Waals surface area contributed by atoms with Gasteiger partial charge < -0.3 is 14.7 Å². The molecule has 0 amide bonds. The first kappa shape index (κ1) is 20.0. The second kappa shape index (κ2) is 8.95. The molecule has 0 unspecified atom stereocenters. The Balaban J connectivity index is 1.78. The van der Waals surface area contributed by atoms with E-state index in [0.717, 1.165) is 6.42 Å². The summed E-state index contributed by atoms with van der Waals surface area (Å²) in [4.78, 5) is 20.7. The third-order valence-corrected chi connectivity index (χ3v) is 4.77. The van der Waals surface area contributed by atoms with Crippen molar-refractivity contribution in [1.29, 1.82) is 0 Å². The summed E-state index contributed by atoms with van der Waals surface area (Å²) in [6, 6.07) is 2.49. The van der Waals surface area contributed by atoms with E-state index in [1.54, 1.807) is 4.90 Å². The van der Waals surface area contributed by atoms with E-state index in [-0.39, 0.29) is 23.6 Å². The number of halogens is 2. The van der Waals surface area contributed by atoms with Crippen LogP contribution < -0.4 is 9.64 Å². The molecule has 1 saturated heterocycles. The van der Waals surface area contributed by atoms with Crippen LogP contribution in [0.25, 0.3) is 11.3 Å². The van der Waals surface area contributed by atoms with Crippen LogP contribution in [-0.2, 0) is 4.79 Å². The molecule has 0 radical (unpaired) electrons. The molecular weight excluding hydrogens is 368 g/mol. The van der Waals surface area contributed by atoms with Crippen molar-refractivity contribution >= 4 is 11.7 Å². The Morgan fingerprint density at radius 2 is 1.93 bits per heavy atom. The highest BCUT2D eigenvalue weighted by Gasteiger charge is 2.25. The van der Waals surface area contributed by atoms with Gasteiger partial charge in [0.05, 0.1) is 24.7 Å².